The highest BCUT2D eigenvalue weighted by molar-refractivity contribution is 7.17. The van der Waals surface area contributed by atoms with Crippen molar-refractivity contribution in [3.8, 4) is 11.5 Å². The summed E-state index contributed by atoms with van der Waals surface area (Å²) in [6.45, 7) is 5.64. The molecule has 0 unspecified atom stereocenters. The molecule has 2 aromatic heterocycles. The van der Waals surface area contributed by atoms with Crippen LogP contribution in [0.4, 0.5) is 0 Å². The van der Waals surface area contributed by atoms with Crippen molar-refractivity contribution in [3.63, 3.8) is 0 Å². The predicted octanol–water partition coefficient (Wildman–Crippen LogP) is 4.00. The second-order valence-corrected chi connectivity index (χ2v) is 6.48. The Morgan fingerprint density at radius 1 is 1.12 bits per heavy atom. The molecule has 0 saturated carbocycles. The van der Waals surface area contributed by atoms with Crippen LogP contribution in [0.25, 0.3) is 10.2 Å². The second-order valence-electron chi connectivity index (χ2n) is 5.53. The highest BCUT2D eigenvalue weighted by Gasteiger charge is 2.10. The van der Waals surface area contributed by atoms with Gasteiger partial charge in [0.05, 0.1) is 23.4 Å². The minimum atomic E-state index is -0.0839. The summed E-state index contributed by atoms with van der Waals surface area (Å²) >= 11 is 1.62. The van der Waals surface area contributed by atoms with E-state index in [1.807, 2.05) is 49.6 Å². The number of fused-ring (bicyclic) bond motifs is 1. The van der Waals surface area contributed by atoms with Gasteiger partial charge in [-0.3, -0.25) is 4.79 Å². The maximum Gasteiger partial charge on any atom is 0.267 e. The first-order chi connectivity index (χ1) is 12.2. The SMILES string of the molecule is CCOc1ccc(CCNC(=O)c2cc3sccc3[nH]2)cc1OCC. The maximum absolute atomic E-state index is 12.2. The van der Waals surface area contributed by atoms with E-state index in [2.05, 4.69) is 10.3 Å². The van der Waals surface area contributed by atoms with Crippen LogP contribution in [0, 0.1) is 0 Å². The zero-order chi connectivity index (χ0) is 17.6. The quantitative estimate of drug-likeness (QED) is 0.640. The molecular formula is C19H22N2O3S. The monoisotopic (exact) mass is 358 g/mol. The highest BCUT2D eigenvalue weighted by atomic mass is 32.1. The van der Waals surface area contributed by atoms with Crippen molar-refractivity contribution < 1.29 is 14.3 Å². The van der Waals surface area contributed by atoms with Crippen LogP contribution in [0.2, 0.25) is 0 Å². The van der Waals surface area contributed by atoms with E-state index in [1.54, 1.807) is 11.3 Å². The third-order valence-electron chi connectivity index (χ3n) is 3.79. The lowest BCUT2D eigenvalue weighted by molar-refractivity contribution is 0.0950. The lowest BCUT2D eigenvalue weighted by Crippen LogP contribution is -2.25. The van der Waals surface area contributed by atoms with Crippen molar-refractivity contribution in [3.05, 3.63) is 47.0 Å². The molecule has 0 fully saturated rings. The van der Waals surface area contributed by atoms with Gasteiger partial charge in [0.25, 0.3) is 5.91 Å². The lowest BCUT2D eigenvalue weighted by atomic mass is 10.1. The zero-order valence-electron chi connectivity index (χ0n) is 14.4. The van der Waals surface area contributed by atoms with Crippen molar-refractivity contribution in [1.82, 2.24) is 10.3 Å². The molecule has 0 aliphatic heterocycles. The van der Waals surface area contributed by atoms with Gasteiger partial charge in [-0.2, -0.15) is 0 Å². The number of hydrogen-bond donors (Lipinski definition) is 2. The second kappa shape index (κ2) is 8.07. The number of nitrogens with one attached hydrogen (secondary N) is 2. The molecule has 2 N–H and O–H groups in total. The van der Waals surface area contributed by atoms with Gasteiger partial charge in [-0.05, 0) is 55.5 Å². The average molecular weight is 358 g/mol. The fourth-order valence-corrected chi connectivity index (χ4v) is 3.42. The van der Waals surface area contributed by atoms with E-state index in [9.17, 15) is 4.79 Å². The van der Waals surface area contributed by atoms with E-state index in [-0.39, 0.29) is 5.91 Å². The lowest BCUT2D eigenvalue weighted by Gasteiger charge is -2.12. The fraction of sp³-hybridized carbons (Fsp3) is 0.316. The molecule has 3 rings (SSSR count). The summed E-state index contributed by atoms with van der Waals surface area (Å²) < 4.78 is 12.3. The molecule has 0 bridgehead atoms. The van der Waals surface area contributed by atoms with Gasteiger partial charge in [0.1, 0.15) is 5.69 Å². The van der Waals surface area contributed by atoms with Crippen LogP contribution in [0.1, 0.15) is 29.9 Å². The van der Waals surface area contributed by atoms with Crippen LogP contribution in [-0.2, 0) is 6.42 Å². The van der Waals surface area contributed by atoms with Crippen LogP contribution in [0.5, 0.6) is 11.5 Å². The zero-order valence-corrected chi connectivity index (χ0v) is 15.2. The molecule has 25 heavy (non-hydrogen) atoms. The molecule has 1 aromatic carbocycles. The first kappa shape index (κ1) is 17.4. The molecule has 0 aliphatic rings. The standard InChI is InChI=1S/C19H22N2O3S/c1-3-23-16-6-5-13(11-17(16)24-4-2)7-9-20-19(22)15-12-18-14(21-15)8-10-25-18/h5-6,8,10-12,21H,3-4,7,9H2,1-2H3,(H,20,22). The number of aromatic amines is 1. The highest BCUT2D eigenvalue weighted by Crippen LogP contribution is 2.28. The number of ether oxygens (including phenoxy) is 2. The summed E-state index contributed by atoms with van der Waals surface area (Å²) in [4.78, 5) is 15.4. The van der Waals surface area contributed by atoms with E-state index >= 15 is 0 Å². The van der Waals surface area contributed by atoms with Gasteiger partial charge >= 0.3 is 0 Å². The molecule has 0 saturated heterocycles. The summed E-state index contributed by atoms with van der Waals surface area (Å²) in [6, 6.07) is 9.77. The third kappa shape index (κ3) is 4.14. The molecule has 6 heteroatoms. The van der Waals surface area contributed by atoms with Gasteiger partial charge in [-0.15, -0.1) is 11.3 Å². The van der Waals surface area contributed by atoms with E-state index < -0.39 is 0 Å². The first-order valence-corrected chi connectivity index (χ1v) is 9.32. The molecule has 3 aromatic rings. The molecule has 0 aliphatic carbocycles. The Hall–Kier alpha value is -2.47. The van der Waals surface area contributed by atoms with Crippen LogP contribution in [-0.4, -0.2) is 30.6 Å². The first-order valence-electron chi connectivity index (χ1n) is 8.44. The van der Waals surface area contributed by atoms with E-state index in [0.717, 1.165) is 33.7 Å². The minimum Gasteiger partial charge on any atom is -0.490 e. The van der Waals surface area contributed by atoms with Crippen molar-refractivity contribution >= 4 is 27.5 Å². The van der Waals surface area contributed by atoms with Crippen LogP contribution in [0.3, 0.4) is 0 Å². The maximum atomic E-state index is 12.2. The number of aromatic nitrogens is 1. The van der Waals surface area contributed by atoms with Gasteiger partial charge in [0, 0.05) is 6.54 Å². The number of thiophene rings is 1. The van der Waals surface area contributed by atoms with Crippen LogP contribution in [0.15, 0.2) is 35.7 Å². The Morgan fingerprint density at radius 3 is 2.68 bits per heavy atom. The molecule has 2 heterocycles. The van der Waals surface area contributed by atoms with Gasteiger partial charge in [-0.1, -0.05) is 6.07 Å². The number of benzene rings is 1. The summed E-state index contributed by atoms with van der Waals surface area (Å²) in [6.07, 6.45) is 0.729. The Balaban J connectivity index is 1.58. The normalized spacial score (nSPS) is 10.8. The summed E-state index contributed by atoms with van der Waals surface area (Å²) in [7, 11) is 0. The largest absolute Gasteiger partial charge is 0.490 e. The topological polar surface area (TPSA) is 63.3 Å². The average Bonchev–Trinajstić information content (AvgIpc) is 3.19. The number of hydrogen-bond acceptors (Lipinski definition) is 4. The summed E-state index contributed by atoms with van der Waals surface area (Å²) in [5, 5.41) is 4.96. The number of amides is 1. The van der Waals surface area contributed by atoms with Gasteiger partial charge in [0.2, 0.25) is 0 Å². The van der Waals surface area contributed by atoms with Gasteiger partial charge < -0.3 is 19.8 Å². The molecule has 0 spiro atoms. The molecule has 5 nitrogen and oxygen atoms in total. The summed E-state index contributed by atoms with van der Waals surface area (Å²) in [5.41, 5.74) is 2.70. The number of carbonyl (C=O) groups excluding carboxylic acids is 1. The van der Waals surface area contributed by atoms with Crippen LogP contribution >= 0.6 is 11.3 Å². The van der Waals surface area contributed by atoms with Gasteiger partial charge in [-0.25, -0.2) is 0 Å². The Morgan fingerprint density at radius 2 is 1.92 bits per heavy atom. The van der Waals surface area contributed by atoms with Crippen molar-refractivity contribution in [2.45, 2.75) is 20.3 Å². The van der Waals surface area contributed by atoms with Crippen LogP contribution < -0.4 is 14.8 Å². The Kier molecular flexibility index (Phi) is 5.60. The minimum absolute atomic E-state index is 0.0839. The van der Waals surface area contributed by atoms with E-state index in [4.69, 9.17) is 9.47 Å². The molecular weight excluding hydrogens is 336 g/mol. The van der Waals surface area contributed by atoms with E-state index in [0.29, 0.717) is 25.5 Å². The van der Waals surface area contributed by atoms with E-state index in [1.165, 1.54) is 0 Å². The Bertz CT molecular complexity index is 825. The molecule has 0 atom stereocenters. The van der Waals surface area contributed by atoms with Crippen molar-refractivity contribution in [2.24, 2.45) is 0 Å². The smallest absolute Gasteiger partial charge is 0.267 e. The Labute approximate surface area is 151 Å². The fourth-order valence-electron chi connectivity index (χ4n) is 2.64. The van der Waals surface area contributed by atoms with Crippen molar-refractivity contribution in [2.75, 3.05) is 19.8 Å². The van der Waals surface area contributed by atoms with Crippen molar-refractivity contribution in [1.29, 1.82) is 0 Å². The predicted molar refractivity (Wildman–Crippen MR) is 101 cm³/mol. The molecule has 132 valence electrons. The van der Waals surface area contributed by atoms with Gasteiger partial charge in [0.15, 0.2) is 11.5 Å². The third-order valence-corrected chi connectivity index (χ3v) is 4.66. The molecule has 1 amide bonds. The summed E-state index contributed by atoms with van der Waals surface area (Å²) in [5.74, 6) is 1.42. The molecule has 0 radical (unpaired) electrons. The number of rotatable bonds is 8. The number of H-pyrrole nitrogens is 1. The number of carbonyl (C=O) groups is 1.